The Balaban J connectivity index is 2.56. The summed E-state index contributed by atoms with van der Waals surface area (Å²) in [5.74, 6) is -1.55. The van der Waals surface area contributed by atoms with E-state index in [2.05, 4.69) is 4.98 Å². The molecule has 0 aliphatic rings. The first-order chi connectivity index (χ1) is 8.09. The van der Waals surface area contributed by atoms with Crippen molar-refractivity contribution in [2.45, 2.75) is 0 Å². The number of hydrogen-bond donors (Lipinski definition) is 2. The molecule has 0 aliphatic carbocycles. The molecule has 0 fully saturated rings. The average Bonchev–Trinajstić information content (AvgIpc) is 2.30. The van der Waals surface area contributed by atoms with Crippen LogP contribution >= 0.6 is 0 Å². The molecule has 17 heavy (non-hydrogen) atoms. The lowest BCUT2D eigenvalue weighted by Gasteiger charge is -2.07. The maximum Gasteiger partial charge on any atom is 0.356 e. The molecular weight excluding hydrogens is 223 g/mol. The molecule has 0 bridgehead atoms. The topological polar surface area (TPSA) is 76.2 Å². The van der Waals surface area contributed by atoms with Gasteiger partial charge in [0.25, 0.3) is 0 Å². The SMILES string of the molecule is Nc1c(-c2ccc(F)cc2)ccnc1C(=O)O. The van der Waals surface area contributed by atoms with Crippen molar-refractivity contribution in [3.05, 3.63) is 48.0 Å². The first kappa shape index (κ1) is 11.1. The molecule has 0 saturated carbocycles. The van der Waals surface area contributed by atoms with Gasteiger partial charge in [-0.15, -0.1) is 0 Å². The molecule has 4 nitrogen and oxygen atoms in total. The summed E-state index contributed by atoms with van der Waals surface area (Å²) in [4.78, 5) is 14.5. The summed E-state index contributed by atoms with van der Waals surface area (Å²) in [5, 5.41) is 8.88. The number of carbonyl (C=O) groups is 1. The summed E-state index contributed by atoms with van der Waals surface area (Å²) in [6, 6.07) is 7.24. The third kappa shape index (κ3) is 2.08. The van der Waals surface area contributed by atoms with Crippen LogP contribution in [0.2, 0.25) is 0 Å². The molecular formula is C12H9FN2O2. The number of pyridine rings is 1. The van der Waals surface area contributed by atoms with Crippen LogP contribution < -0.4 is 5.73 Å². The molecule has 0 atom stereocenters. The molecule has 1 heterocycles. The highest BCUT2D eigenvalue weighted by Crippen LogP contribution is 2.27. The van der Waals surface area contributed by atoms with Crippen LogP contribution in [0.1, 0.15) is 10.5 Å². The van der Waals surface area contributed by atoms with E-state index in [9.17, 15) is 9.18 Å². The number of nitrogens with two attached hydrogens (primary N) is 1. The lowest BCUT2D eigenvalue weighted by Crippen LogP contribution is -2.06. The van der Waals surface area contributed by atoms with Gasteiger partial charge in [-0.05, 0) is 23.8 Å². The van der Waals surface area contributed by atoms with E-state index >= 15 is 0 Å². The number of benzene rings is 1. The van der Waals surface area contributed by atoms with Crippen LogP contribution in [0.3, 0.4) is 0 Å². The summed E-state index contributed by atoms with van der Waals surface area (Å²) < 4.78 is 12.8. The molecule has 5 heteroatoms. The smallest absolute Gasteiger partial charge is 0.356 e. The number of halogens is 1. The Morgan fingerprint density at radius 1 is 1.24 bits per heavy atom. The van der Waals surface area contributed by atoms with E-state index in [0.29, 0.717) is 11.1 Å². The third-order valence-corrected chi connectivity index (χ3v) is 2.35. The Bertz CT molecular complexity index is 567. The van der Waals surface area contributed by atoms with Crippen LogP contribution in [0.25, 0.3) is 11.1 Å². The van der Waals surface area contributed by atoms with Crippen molar-refractivity contribution in [1.29, 1.82) is 0 Å². The number of aromatic carboxylic acids is 1. The van der Waals surface area contributed by atoms with Gasteiger partial charge in [-0.1, -0.05) is 12.1 Å². The van der Waals surface area contributed by atoms with Gasteiger partial charge in [0.2, 0.25) is 0 Å². The van der Waals surface area contributed by atoms with Gasteiger partial charge in [0.05, 0.1) is 5.69 Å². The lowest BCUT2D eigenvalue weighted by atomic mass is 10.0. The summed E-state index contributed by atoms with van der Waals surface area (Å²) in [7, 11) is 0. The summed E-state index contributed by atoms with van der Waals surface area (Å²) in [6.45, 7) is 0. The Labute approximate surface area is 96.5 Å². The van der Waals surface area contributed by atoms with Crippen molar-refractivity contribution in [2.75, 3.05) is 5.73 Å². The predicted molar refractivity (Wildman–Crippen MR) is 61.0 cm³/mol. The number of hydrogen-bond acceptors (Lipinski definition) is 3. The Hall–Kier alpha value is -2.43. The van der Waals surface area contributed by atoms with Gasteiger partial charge in [0.1, 0.15) is 5.82 Å². The third-order valence-electron chi connectivity index (χ3n) is 2.35. The quantitative estimate of drug-likeness (QED) is 0.831. The van der Waals surface area contributed by atoms with Crippen molar-refractivity contribution in [1.82, 2.24) is 4.98 Å². The molecule has 0 unspecified atom stereocenters. The molecule has 0 aliphatic heterocycles. The Kier molecular flexibility index (Phi) is 2.74. The highest BCUT2D eigenvalue weighted by Gasteiger charge is 2.13. The van der Waals surface area contributed by atoms with E-state index in [0.717, 1.165) is 0 Å². The number of carboxylic acid groups (broad SMARTS) is 1. The maximum absolute atomic E-state index is 12.8. The average molecular weight is 232 g/mol. The number of rotatable bonds is 2. The Morgan fingerprint density at radius 2 is 1.88 bits per heavy atom. The number of anilines is 1. The van der Waals surface area contributed by atoms with Crippen LogP contribution in [0.15, 0.2) is 36.5 Å². The van der Waals surface area contributed by atoms with Crippen molar-refractivity contribution in [2.24, 2.45) is 0 Å². The molecule has 2 aromatic rings. The second-order valence-electron chi connectivity index (χ2n) is 3.43. The van der Waals surface area contributed by atoms with E-state index in [1.165, 1.54) is 30.5 Å². The fraction of sp³-hybridized carbons (Fsp3) is 0. The van der Waals surface area contributed by atoms with Gasteiger partial charge in [-0.2, -0.15) is 0 Å². The van der Waals surface area contributed by atoms with Crippen LogP contribution in [0, 0.1) is 5.82 Å². The standard InChI is InChI=1S/C12H9FN2O2/c13-8-3-1-7(2-4-8)9-5-6-15-11(10(9)14)12(16)17/h1-6H,14H2,(H,16,17). The molecule has 3 N–H and O–H groups in total. The van der Waals surface area contributed by atoms with Crippen LogP contribution in [0.5, 0.6) is 0 Å². The van der Waals surface area contributed by atoms with Crippen molar-refractivity contribution >= 4 is 11.7 Å². The van der Waals surface area contributed by atoms with Gasteiger partial charge >= 0.3 is 5.97 Å². The molecule has 0 amide bonds. The molecule has 0 spiro atoms. The van der Waals surface area contributed by atoms with Gasteiger partial charge in [0.15, 0.2) is 5.69 Å². The Morgan fingerprint density at radius 3 is 2.47 bits per heavy atom. The highest BCUT2D eigenvalue weighted by atomic mass is 19.1. The second-order valence-corrected chi connectivity index (χ2v) is 3.43. The zero-order valence-corrected chi connectivity index (χ0v) is 8.72. The number of nitrogens with zero attached hydrogens (tertiary/aromatic N) is 1. The molecule has 86 valence electrons. The molecule has 1 aromatic carbocycles. The summed E-state index contributed by atoms with van der Waals surface area (Å²) >= 11 is 0. The highest BCUT2D eigenvalue weighted by molar-refractivity contribution is 5.96. The van der Waals surface area contributed by atoms with Crippen LogP contribution in [0.4, 0.5) is 10.1 Å². The van der Waals surface area contributed by atoms with E-state index in [4.69, 9.17) is 10.8 Å². The normalized spacial score (nSPS) is 10.2. The summed E-state index contributed by atoms with van der Waals surface area (Å²) in [5.41, 5.74) is 6.76. The summed E-state index contributed by atoms with van der Waals surface area (Å²) in [6.07, 6.45) is 1.36. The number of nitrogen functional groups attached to an aromatic ring is 1. The second kappa shape index (κ2) is 4.21. The predicted octanol–water partition coefficient (Wildman–Crippen LogP) is 2.17. The first-order valence-electron chi connectivity index (χ1n) is 4.83. The monoisotopic (exact) mass is 232 g/mol. The molecule has 0 radical (unpaired) electrons. The maximum atomic E-state index is 12.8. The van der Waals surface area contributed by atoms with Gasteiger partial charge in [-0.3, -0.25) is 0 Å². The minimum Gasteiger partial charge on any atom is -0.476 e. The zero-order valence-electron chi connectivity index (χ0n) is 8.72. The largest absolute Gasteiger partial charge is 0.476 e. The van der Waals surface area contributed by atoms with E-state index < -0.39 is 5.97 Å². The van der Waals surface area contributed by atoms with E-state index in [-0.39, 0.29) is 17.2 Å². The zero-order chi connectivity index (χ0) is 12.4. The fourth-order valence-electron chi connectivity index (χ4n) is 1.52. The molecule has 0 saturated heterocycles. The lowest BCUT2D eigenvalue weighted by molar-refractivity contribution is 0.0692. The van der Waals surface area contributed by atoms with Crippen LogP contribution in [-0.4, -0.2) is 16.1 Å². The number of aromatic nitrogens is 1. The number of carboxylic acids is 1. The first-order valence-corrected chi connectivity index (χ1v) is 4.83. The van der Waals surface area contributed by atoms with Crippen LogP contribution in [-0.2, 0) is 0 Å². The van der Waals surface area contributed by atoms with Crippen molar-refractivity contribution in [3.63, 3.8) is 0 Å². The van der Waals surface area contributed by atoms with Crippen molar-refractivity contribution in [3.8, 4) is 11.1 Å². The minimum atomic E-state index is -1.19. The van der Waals surface area contributed by atoms with Gasteiger partial charge < -0.3 is 10.8 Å². The minimum absolute atomic E-state index is 0.0756. The van der Waals surface area contributed by atoms with E-state index in [1.54, 1.807) is 6.07 Å². The molecule has 2 rings (SSSR count). The van der Waals surface area contributed by atoms with Crippen molar-refractivity contribution < 1.29 is 14.3 Å². The van der Waals surface area contributed by atoms with Gasteiger partial charge in [0, 0.05) is 11.8 Å². The van der Waals surface area contributed by atoms with Gasteiger partial charge in [-0.25, -0.2) is 14.2 Å². The van der Waals surface area contributed by atoms with E-state index in [1.807, 2.05) is 0 Å². The molecule has 1 aromatic heterocycles. The fourth-order valence-corrected chi connectivity index (χ4v) is 1.52.